The molecule has 1 amide bonds. The second-order valence-electron chi connectivity index (χ2n) is 4.11. The van der Waals surface area contributed by atoms with Gasteiger partial charge in [-0.1, -0.05) is 17.8 Å². The fourth-order valence-corrected chi connectivity index (χ4v) is 2.31. The summed E-state index contributed by atoms with van der Waals surface area (Å²) in [6, 6.07) is 10.8. The maximum Gasteiger partial charge on any atom is 0.234 e. The van der Waals surface area contributed by atoms with E-state index in [9.17, 15) is 4.79 Å². The molecule has 6 heteroatoms. The van der Waals surface area contributed by atoms with Crippen LogP contribution in [0.4, 0.5) is 5.69 Å². The van der Waals surface area contributed by atoms with Gasteiger partial charge in [0.15, 0.2) is 0 Å². The van der Waals surface area contributed by atoms with Crippen molar-refractivity contribution in [2.24, 2.45) is 0 Å². The molecule has 0 saturated carbocycles. The summed E-state index contributed by atoms with van der Waals surface area (Å²) in [6.45, 7) is 0. The Kier molecular flexibility index (Phi) is 5.45. The van der Waals surface area contributed by atoms with Crippen LogP contribution < -0.4 is 14.8 Å². The number of carbonyl (C=O) groups is 1. The Bertz CT molecular complexity index is 583. The Morgan fingerprint density at radius 1 is 1.19 bits per heavy atom. The van der Waals surface area contributed by atoms with Crippen LogP contribution in [-0.2, 0) is 4.79 Å². The standard InChI is InChI=1S/C15H16N2O3S/c1-19-12-7-11(8-13(9-12)20-2)17-14(18)10-21-15-5-3-4-6-16-15/h3-9H,10H2,1-2H3,(H,17,18). The number of aromatic nitrogens is 1. The second-order valence-corrected chi connectivity index (χ2v) is 5.10. The maximum absolute atomic E-state index is 11.9. The first-order valence-corrected chi connectivity index (χ1v) is 7.26. The molecular weight excluding hydrogens is 288 g/mol. The molecule has 1 N–H and O–H groups in total. The summed E-state index contributed by atoms with van der Waals surface area (Å²) < 4.78 is 10.3. The van der Waals surface area contributed by atoms with Crippen LogP contribution in [-0.4, -0.2) is 30.9 Å². The van der Waals surface area contributed by atoms with E-state index in [0.29, 0.717) is 17.2 Å². The van der Waals surface area contributed by atoms with Gasteiger partial charge in [-0.05, 0) is 12.1 Å². The number of carbonyl (C=O) groups excluding carboxylic acids is 1. The lowest BCUT2D eigenvalue weighted by atomic mass is 10.2. The van der Waals surface area contributed by atoms with Gasteiger partial charge < -0.3 is 14.8 Å². The Hall–Kier alpha value is -2.21. The lowest BCUT2D eigenvalue weighted by Gasteiger charge is -2.09. The Balaban J connectivity index is 1.96. The molecule has 0 radical (unpaired) electrons. The normalized spacial score (nSPS) is 10.0. The van der Waals surface area contributed by atoms with Gasteiger partial charge in [-0.15, -0.1) is 0 Å². The largest absolute Gasteiger partial charge is 0.497 e. The molecular formula is C15H16N2O3S. The van der Waals surface area contributed by atoms with Crippen LogP contribution >= 0.6 is 11.8 Å². The van der Waals surface area contributed by atoms with Gasteiger partial charge in [-0.25, -0.2) is 4.98 Å². The van der Waals surface area contributed by atoms with Crippen LogP contribution in [0.5, 0.6) is 11.5 Å². The molecule has 0 atom stereocenters. The molecule has 21 heavy (non-hydrogen) atoms. The van der Waals surface area contributed by atoms with Gasteiger partial charge in [-0.3, -0.25) is 4.79 Å². The number of benzene rings is 1. The number of pyridine rings is 1. The zero-order valence-corrected chi connectivity index (χ0v) is 12.6. The minimum atomic E-state index is -0.110. The molecule has 1 aromatic carbocycles. The minimum absolute atomic E-state index is 0.110. The molecule has 0 spiro atoms. The van der Waals surface area contributed by atoms with Gasteiger partial charge in [0.1, 0.15) is 11.5 Å². The topological polar surface area (TPSA) is 60.5 Å². The number of thioether (sulfide) groups is 1. The lowest BCUT2D eigenvalue weighted by Crippen LogP contribution is -2.14. The fraction of sp³-hybridized carbons (Fsp3) is 0.200. The van der Waals surface area contributed by atoms with Gasteiger partial charge in [-0.2, -0.15) is 0 Å². The molecule has 1 aromatic heterocycles. The fourth-order valence-electron chi connectivity index (χ4n) is 1.65. The highest BCUT2D eigenvalue weighted by Crippen LogP contribution is 2.26. The highest BCUT2D eigenvalue weighted by Gasteiger charge is 2.07. The predicted octanol–water partition coefficient (Wildman–Crippen LogP) is 2.83. The average Bonchev–Trinajstić information content (AvgIpc) is 2.53. The number of anilines is 1. The first-order valence-electron chi connectivity index (χ1n) is 6.28. The van der Waals surface area contributed by atoms with Crippen LogP contribution in [0.25, 0.3) is 0 Å². The number of amides is 1. The van der Waals surface area contributed by atoms with E-state index in [2.05, 4.69) is 10.3 Å². The summed E-state index contributed by atoms with van der Waals surface area (Å²) in [7, 11) is 3.13. The Morgan fingerprint density at radius 2 is 1.90 bits per heavy atom. The third kappa shape index (κ3) is 4.68. The number of methoxy groups -OCH3 is 2. The highest BCUT2D eigenvalue weighted by molar-refractivity contribution is 7.99. The van der Waals surface area contributed by atoms with Crippen LogP contribution in [0, 0.1) is 0 Å². The molecule has 0 aliphatic heterocycles. The third-order valence-electron chi connectivity index (χ3n) is 2.62. The van der Waals surface area contributed by atoms with Crippen molar-refractivity contribution in [1.82, 2.24) is 4.98 Å². The molecule has 0 unspecified atom stereocenters. The highest BCUT2D eigenvalue weighted by atomic mass is 32.2. The number of rotatable bonds is 6. The average molecular weight is 304 g/mol. The molecule has 110 valence electrons. The molecule has 0 aliphatic rings. The van der Waals surface area contributed by atoms with Crippen molar-refractivity contribution in [3.8, 4) is 11.5 Å². The first kappa shape index (κ1) is 15.2. The minimum Gasteiger partial charge on any atom is -0.497 e. The van der Waals surface area contributed by atoms with E-state index in [4.69, 9.17) is 9.47 Å². The van der Waals surface area contributed by atoms with Crippen LogP contribution in [0.3, 0.4) is 0 Å². The summed E-state index contributed by atoms with van der Waals surface area (Å²) in [6.07, 6.45) is 1.70. The predicted molar refractivity (Wildman–Crippen MR) is 83.1 cm³/mol. The van der Waals surface area contributed by atoms with Crippen molar-refractivity contribution in [1.29, 1.82) is 0 Å². The number of ether oxygens (including phenoxy) is 2. The maximum atomic E-state index is 11.9. The van der Waals surface area contributed by atoms with Crippen molar-refractivity contribution in [2.75, 3.05) is 25.3 Å². The zero-order valence-electron chi connectivity index (χ0n) is 11.8. The van der Waals surface area contributed by atoms with Gasteiger partial charge in [0, 0.05) is 30.1 Å². The van der Waals surface area contributed by atoms with Crippen molar-refractivity contribution in [3.63, 3.8) is 0 Å². The van der Waals surface area contributed by atoms with Crippen molar-refractivity contribution >= 4 is 23.4 Å². The SMILES string of the molecule is COc1cc(NC(=O)CSc2ccccn2)cc(OC)c1. The molecule has 0 aliphatic carbocycles. The first-order chi connectivity index (χ1) is 10.2. The van der Waals surface area contributed by atoms with E-state index >= 15 is 0 Å². The summed E-state index contributed by atoms with van der Waals surface area (Å²) >= 11 is 1.38. The van der Waals surface area contributed by atoms with Gasteiger partial charge in [0.05, 0.1) is 25.0 Å². The van der Waals surface area contributed by atoms with E-state index < -0.39 is 0 Å². The monoisotopic (exact) mass is 304 g/mol. The van der Waals surface area contributed by atoms with E-state index in [1.54, 1.807) is 38.6 Å². The molecule has 0 saturated heterocycles. The van der Waals surface area contributed by atoms with E-state index in [1.165, 1.54) is 11.8 Å². The van der Waals surface area contributed by atoms with Crippen LogP contribution in [0.1, 0.15) is 0 Å². The van der Waals surface area contributed by atoms with Gasteiger partial charge in [0.25, 0.3) is 0 Å². The second kappa shape index (κ2) is 7.54. The van der Waals surface area contributed by atoms with Crippen molar-refractivity contribution < 1.29 is 14.3 Å². The molecule has 0 fully saturated rings. The van der Waals surface area contributed by atoms with Crippen molar-refractivity contribution in [2.45, 2.75) is 5.03 Å². The number of nitrogens with one attached hydrogen (secondary N) is 1. The quantitative estimate of drug-likeness (QED) is 0.832. The van der Waals surface area contributed by atoms with E-state index in [0.717, 1.165) is 5.03 Å². The summed E-state index contributed by atoms with van der Waals surface area (Å²) in [5, 5.41) is 3.63. The summed E-state index contributed by atoms with van der Waals surface area (Å²) in [4.78, 5) is 16.1. The van der Waals surface area contributed by atoms with Crippen molar-refractivity contribution in [3.05, 3.63) is 42.6 Å². The Labute approximate surface area is 127 Å². The molecule has 1 heterocycles. The molecule has 0 bridgehead atoms. The van der Waals surface area contributed by atoms with Gasteiger partial charge >= 0.3 is 0 Å². The van der Waals surface area contributed by atoms with Crippen LogP contribution in [0.2, 0.25) is 0 Å². The van der Waals surface area contributed by atoms with Crippen LogP contribution in [0.15, 0.2) is 47.6 Å². The Morgan fingerprint density at radius 3 is 2.48 bits per heavy atom. The van der Waals surface area contributed by atoms with E-state index in [1.807, 2.05) is 18.2 Å². The zero-order chi connectivity index (χ0) is 15.1. The molecule has 2 aromatic rings. The number of hydrogen-bond acceptors (Lipinski definition) is 5. The number of hydrogen-bond donors (Lipinski definition) is 1. The summed E-state index contributed by atoms with van der Waals surface area (Å²) in [5.41, 5.74) is 0.637. The third-order valence-corrected chi connectivity index (χ3v) is 3.57. The molecule has 5 nitrogen and oxygen atoms in total. The number of nitrogens with zero attached hydrogens (tertiary/aromatic N) is 1. The smallest absolute Gasteiger partial charge is 0.234 e. The van der Waals surface area contributed by atoms with Gasteiger partial charge in [0.2, 0.25) is 5.91 Å². The summed E-state index contributed by atoms with van der Waals surface area (Å²) in [5.74, 6) is 1.43. The van der Waals surface area contributed by atoms with E-state index in [-0.39, 0.29) is 11.7 Å². The lowest BCUT2D eigenvalue weighted by molar-refractivity contribution is -0.113. The molecule has 2 rings (SSSR count).